The number of carbonyl (C=O) groups excluding carboxylic acids is 1. The highest BCUT2D eigenvalue weighted by Gasteiger charge is 2.16. The zero-order valence-electron chi connectivity index (χ0n) is 15.6. The number of pyridine rings is 1. The number of halogens is 3. The Balaban J connectivity index is 1.60. The third-order valence-corrected chi connectivity index (χ3v) is 4.60. The molecule has 0 spiro atoms. The van der Waals surface area contributed by atoms with E-state index in [2.05, 4.69) is 20.5 Å². The second-order valence-corrected chi connectivity index (χ2v) is 6.54. The van der Waals surface area contributed by atoms with Gasteiger partial charge in [-0.05, 0) is 18.2 Å². The van der Waals surface area contributed by atoms with Gasteiger partial charge in [0, 0.05) is 30.3 Å². The van der Waals surface area contributed by atoms with E-state index in [0.29, 0.717) is 37.7 Å². The molecule has 0 saturated carbocycles. The van der Waals surface area contributed by atoms with Gasteiger partial charge in [-0.3, -0.25) is 4.79 Å². The van der Waals surface area contributed by atoms with Crippen molar-refractivity contribution < 1.29 is 22.7 Å². The maximum atomic E-state index is 14.3. The Kier molecular flexibility index (Phi) is 5.57. The Morgan fingerprint density at radius 1 is 1.07 bits per heavy atom. The maximum absolute atomic E-state index is 14.3. The fraction of sp³-hybridized carbons (Fsp3) is 0.200. The fourth-order valence-electron chi connectivity index (χ4n) is 3.07. The average Bonchev–Trinajstić information content (AvgIpc) is 2.76. The second-order valence-electron chi connectivity index (χ2n) is 6.54. The van der Waals surface area contributed by atoms with Gasteiger partial charge in [-0.2, -0.15) is 9.49 Å². The van der Waals surface area contributed by atoms with Crippen molar-refractivity contribution >= 4 is 23.4 Å². The summed E-state index contributed by atoms with van der Waals surface area (Å²) >= 11 is 0. The van der Waals surface area contributed by atoms with Gasteiger partial charge < -0.3 is 15.0 Å². The summed E-state index contributed by atoms with van der Waals surface area (Å²) in [6.45, 7) is 2.41. The van der Waals surface area contributed by atoms with Crippen LogP contribution in [-0.2, 0) is 4.74 Å². The molecule has 3 heterocycles. The van der Waals surface area contributed by atoms with E-state index >= 15 is 0 Å². The molecule has 10 heteroatoms. The van der Waals surface area contributed by atoms with Crippen LogP contribution in [0.15, 0.2) is 42.7 Å². The first kappa shape index (κ1) is 19.8. The Morgan fingerprint density at radius 3 is 2.60 bits per heavy atom. The highest BCUT2D eigenvalue weighted by atomic mass is 19.1. The van der Waals surface area contributed by atoms with E-state index in [-0.39, 0.29) is 22.6 Å². The molecule has 1 aliphatic heterocycles. The third-order valence-electron chi connectivity index (χ3n) is 4.60. The molecule has 2 aromatic heterocycles. The molecule has 0 amide bonds. The molecule has 7 nitrogen and oxygen atoms in total. The van der Waals surface area contributed by atoms with E-state index in [0.717, 1.165) is 12.3 Å². The highest BCUT2D eigenvalue weighted by molar-refractivity contribution is 5.89. The van der Waals surface area contributed by atoms with Crippen LogP contribution in [0, 0.1) is 11.6 Å². The Bertz CT molecular complexity index is 1090. The second kappa shape index (κ2) is 8.46. The van der Waals surface area contributed by atoms with Crippen LogP contribution in [0.1, 0.15) is 10.4 Å². The molecule has 0 unspecified atom stereocenters. The van der Waals surface area contributed by atoms with Crippen LogP contribution in [0.5, 0.6) is 0 Å². The summed E-state index contributed by atoms with van der Waals surface area (Å²) in [5, 5.41) is 10.5. The van der Waals surface area contributed by atoms with Crippen molar-refractivity contribution in [2.45, 2.75) is 0 Å². The van der Waals surface area contributed by atoms with Gasteiger partial charge in [-0.15, -0.1) is 5.10 Å². The van der Waals surface area contributed by atoms with Gasteiger partial charge in [-0.25, -0.2) is 13.8 Å². The molecular weight excluding hydrogens is 399 g/mol. The largest absolute Gasteiger partial charge is 0.378 e. The van der Waals surface area contributed by atoms with Gasteiger partial charge in [0.1, 0.15) is 11.6 Å². The predicted molar refractivity (Wildman–Crippen MR) is 103 cm³/mol. The van der Waals surface area contributed by atoms with Crippen LogP contribution in [0.25, 0.3) is 11.1 Å². The number of nitrogens with zero attached hydrogens (tertiary/aromatic N) is 4. The first-order valence-electron chi connectivity index (χ1n) is 9.09. The molecule has 3 aromatic rings. The van der Waals surface area contributed by atoms with Crippen molar-refractivity contribution in [1.82, 2.24) is 15.2 Å². The molecule has 1 aliphatic rings. The van der Waals surface area contributed by atoms with Crippen LogP contribution < -0.4 is 10.2 Å². The van der Waals surface area contributed by atoms with Crippen LogP contribution in [0.2, 0.25) is 0 Å². The summed E-state index contributed by atoms with van der Waals surface area (Å²) in [6.07, 6.45) is 2.42. The van der Waals surface area contributed by atoms with Crippen molar-refractivity contribution in [3.8, 4) is 11.1 Å². The number of hydrogen-bond acceptors (Lipinski definition) is 7. The van der Waals surface area contributed by atoms with Gasteiger partial charge >= 0.3 is 6.04 Å². The molecule has 1 aromatic carbocycles. The van der Waals surface area contributed by atoms with Crippen molar-refractivity contribution in [2.75, 3.05) is 36.5 Å². The standard InChI is InChI=1S/C20H16F3N5O2/c21-15-7-12(20(23)29)1-2-14(15)13-8-18(27-25-10-13)26-17-9-19(24-11-16(17)22)28-3-5-30-6-4-28/h1-2,7-11H,3-6H2,(H,24,26,27). The molecular formula is C20H16F3N5O2. The summed E-state index contributed by atoms with van der Waals surface area (Å²) in [4.78, 5) is 16.8. The Hall–Kier alpha value is -3.53. The number of benzene rings is 1. The van der Waals surface area contributed by atoms with Crippen LogP contribution in [0.4, 0.5) is 30.5 Å². The van der Waals surface area contributed by atoms with E-state index in [4.69, 9.17) is 4.74 Å². The molecule has 1 saturated heterocycles. The number of hydrogen-bond donors (Lipinski definition) is 1. The maximum Gasteiger partial charge on any atom is 0.332 e. The van der Waals surface area contributed by atoms with Crippen molar-refractivity contribution in [3.05, 3.63) is 59.9 Å². The minimum absolute atomic E-state index is 0.0992. The predicted octanol–water partition coefficient (Wildman–Crippen LogP) is 3.51. The Morgan fingerprint density at radius 2 is 1.87 bits per heavy atom. The zero-order chi connectivity index (χ0) is 21.1. The summed E-state index contributed by atoms with van der Waals surface area (Å²) in [6, 6.07) is 4.55. The van der Waals surface area contributed by atoms with Gasteiger partial charge in [0.05, 0.1) is 36.9 Å². The minimum atomic E-state index is -1.72. The van der Waals surface area contributed by atoms with Crippen molar-refractivity contribution in [1.29, 1.82) is 0 Å². The van der Waals surface area contributed by atoms with Crippen molar-refractivity contribution in [2.24, 2.45) is 0 Å². The lowest BCUT2D eigenvalue weighted by Gasteiger charge is -2.28. The number of rotatable bonds is 5. The Labute approximate surface area is 169 Å². The first-order chi connectivity index (χ1) is 14.5. The lowest BCUT2D eigenvalue weighted by atomic mass is 10.1. The molecule has 0 bridgehead atoms. The topological polar surface area (TPSA) is 80.2 Å². The summed E-state index contributed by atoms with van der Waals surface area (Å²) < 4.78 is 46.7. The number of anilines is 3. The van der Waals surface area contributed by atoms with E-state index in [1.165, 1.54) is 24.4 Å². The lowest BCUT2D eigenvalue weighted by molar-refractivity contribution is 0.0835. The number of carbonyl (C=O) groups is 1. The molecule has 30 heavy (non-hydrogen) atoms. The first-order valence-corrected chi connectivity index (χ1v) is 9.09. The van der Waals surface area contributed by atoms with E-state index < -0.39 is 17.7 Å². The minimum Gasteiger partial charge on any atom is -0.378 e. The number of morpholine rings is 1. The molecule has 0 radical (unpaired) electrons. The highest BCUT2D eigenvalue weighted by Crippen LogP contribution is 2.27. The van der Waals surface area contributed by atoms with Crippen LogP contribution >= 0.6 is 0 Å². The molecule has 1 fully saturated rings. The van der Waals surface area contributed by atoms with E-state index in [9.17, 15) is 18.0 Å². The smallest absolute Gasteiger partial charge is 0.332 e. The van der Waals surface area contributed by atoms with Gasteiger partial charge in [0.15, 0.2) is 11.6 Å². The molecule has 0 atom stereocenters. The summed E-state index contributed by atoms with van der Waals surface area (Å²) in [7, 11) is 0. The third kappa shape index (κ3) is 4.23. The van der Waals surface area contributed by atoms with E-state index in [1.54, 1.807) is 6.07 Å². The van der Waals surface area contributed by atoms with Crippen LogP contribution in [0.3, 0.4) is 0 Å². The number of aromatic nitrogens is 3. The SMILES string of the molecule is O=C(F)c1ccc(-c2cnnc(Nc3cc(N4CCOCC4)ncc3F)c2)c(F)c1. The van der Waals surface area contributed by atoms with Gasteiger partial charge in [-0.1, -0.05) is 6.07 Å². The monoisotopic (exact) mass is 415 g/mol. The zero-order valence-corrected chi connectivity index (χ0v) is 15.6. The van der Waals surface area contributed by atoms with Gasteiger partial charge in [0.2, 0.25) is 0 Å². The molecule has 0 aliphatic carbocycles. The molecule has 1 N–H and O–H groups in total. The number of nitrogens with one attached hydrogen (secondary N) is 1. The summed E-state index contributed by atoms with van der Waals surface area (Å²) in [5.74, 6) is -0.613. The lowest BCUT2D eigenvalue weighted by Crippen LogP contribution is -2.36. The van der Waals surface area contributed by atoms with Crippen LogP contribution in [-0.4, -0.2) is 47.5 Å². The quantitative estimate of drug-likeness (QED) is 0.639. The molecule has 154 valence electrons. The number of ether oxygens (including phenoxy) is 1. The molecule has 4 rings (SSSR count). The van der Waals surface area contributed by atoms with Crippen molar-refractivity contribution in [3.63, 3.8) is 0 Å². The normalized spacial score (nSPS) is 13.9. The van der Waals surface area contributed by atoms with Gasteiger partial charge in [0.25, 0.3) is 0 Å². The summed E-state index contributed by atoms with van der Waals surface area (Å²) in [5.41, 5.74) is 0.177. The average molecular weight is 415 g/mol. The van der Waals surface area contributed by atoms with E-state index in [1.807, 2.05) is 4.90 Å². The fourth-order valence-corrected chi connectivity index (χ4v) is 3.07.